The van der Waals surface area contributed by atoms with Gasteiger partial charge < -0.3 is 11.1 Å². The van der Waals surface area contributed by atoms with E-state index in [-0.39, 0.29) is 0 Å². The number of anilines is 3. The molecule has 3 rings (SSSR count). The molecular weight excluding hydrogens is 258 g/mol. The number of hydrogen-bond acceptors (Lipinski definition) is 3. The highest BCUT2D eigenvalue weighted by atomic mass is 35.5. The lowest BCUT2D eigenvalue weighted by molar-refractivity contribution is 1.40. The number of nitrogen functional groups attached to an aromatic ring is 1. The number of nitrogens with zero attached hydrogens (tertiary/aromatic N) is 1. The molecule has 0 saturated heterocycles. The van der Waals surface area contributed by atoms with Crippen molar-refractivity contribution in [3.63, 3.8) is 0 Å². The Labute approximate surface area is 116 Å². The molecule has 0 spiro atoms. The molecule has 0 atom stereocenters. The summed E-state index contributed by atoms with van der Waals surface area (Å²) in [5.41, 5.74) is 9.30. The van der Waals surface area contributed by atoms with Gasteiger partial charge in [0.1, 0.15) is 0 Å². The molecule has 4 heteroatoms. The summed E-state index contributed by atoms with van der Waals surface area (Å²) >= 11 is 5.98. The lowest BCUT2D eigenvalue weighted by atomic mass is 10.1. The molecule has 0 aliphatic rings. The first-order valence-corrected chi connectivity index (χ1v) is 6.27. The zero-order valence-corrected chi connectivity index (χ0v) is 10.9. The molecule has 0 radical (unpaired) electrons. The Morgan fingerprint density at radius 2 is 1.89 bits per heavy atom. The molecule has 0 aliphatic carbocycles. The summed E-state index contributed by atoms with van der Waals surface area (Å²) < 4.78 is 0. The third-order valence-corrected chi connectivity index (χ3v) is 3.14. The number of aromatic nitrogens is 1. The van der Waals surface area contributed by atoms with Gasteiger partial charge in [0.15, 0.2) is 0 Å². The third-order valence-electron chi connectivity index (χ3n) is 2.91. The Hall–Kier alpha value is -2.26. The van der Waals surface area contributed by atoms with E-state index in [0.717, 1.165) is 22.3 Å². The van der Waals surface area contributed by atoms with E-state index in [1.165, 1.54) is 0 Å². The van der Waals surface area contributed by atoms with Crippen LogP contribution in [-0.4, -0.2) is 4.98 Å². The Balaban J connectivity index is 2.08. The van der Waals surface area contributed by atoms with Gasteiger partial charge in [-0.15, -0.1) is 0 Å². The summed E-state index contributed by atoms with van der Waals surface area (Å²) in [7, 11) is 0. The van der Waals surface area contributed by atoms with Crippen molar-refractivity contribution in [1.29, 1.82) is 0 Å². The zero-order valence-electron chi connectivity index (χ0n) is 10.1. The standard InChI is InChI=1S/C15H12ClN3/c16-10-3-1-4-11(9-10)19-14-7-8-18-15-12(14)5-2-6-13(15)17/h1-9H,17H2,(H,18,19). The molecule has 2 aromatic carbocycles. The first kappa shape index (κ1) is 11.8. The third kappa shape index (κ3) is 2.33. The second-order valence-electron chi connectivity index (χ2n) is 4.24. The molecule has 3 N–H and O–H groups in total. The summed E-state index contributed by atoms with van der Waals surface area (Å²) in [5, 5.41) is 5.02. The summed E-state index contributed by atoms with van der Waals surface area (Å²) in [6, 6.07) is 15.3. The molecule has 0 fully saturated rings. The molecule has 0 aliphatic heterocycles. The maximum atomic E-state index is 5.98. The van der Waals surface area contributed by atoms with Crippen molar-refractivity contribution in [3.05, 3.63) is 59.8 Å². The van der Waals surface area contributed by atoms with Crippen molar-refractivity contribution < 1.29 is 0 Å². The van der Waals surface area contributed by atoms with Crippen LogP contribution in [-0.2, 0) is 0 Å². The molecule has 19 heavy (non-hydrogen) atoms. The fourth-order valence-electron chi connectivity index (χ4n) is 2.03. The van der Waals surface area contributed by atoms with Gasteiger partial charge in [-0.3, -0.25) is 4.98 Å². The van der Waals surface area contributed by atoms with Gasteiger partial charge in [-0.05, 0) is 30.3 Å². The number of fused-ring (bicyclic) bond motifs is 1. The summed E-state index contributed by atoms with van der Waals surface area (Å²) in [4.78, 5) is 4.31. The normalized spacial score (nSPS) is 10.6. The van der Waals surface area contributed by atoms with Crippen molar-refractivity contribution in [2.75, 3.05) is 11.1 Å². The highest BCUT2D eigenvalue weighted by Crippen LogP contribution is 2.28. The predicted molar refractivity (Wildman–Crippen MR) is 80.9 cm³/mol. The Kier molecular flexibility index (Phi) is 2.97. The molecule has 3 aromatic rings. The van der Waals surface area contributed by atoms with Gasteiger partial charge in [0, 0.05) is 28.0 Å². The molecular formula is C15H12ClN3. The molecule has 0 saturated carbocycles. The maximum absolute atomic E-state index is 5.98. The molecule has 3 nitrogen and oxygen atoms in total. The van der Waals surface area contributed by atoms with E-state index in [4.69, 9.17) is 17.3 Å². The Morgan fingerprint density at radius 3 is 2.74 bits per heavy atom. The fourth-order valence-corrected chi connectivity index (χ4v) is 2.22. The van der Waals surface area contributed by atoms with Crippen LogP contribution in [0.3, 0.4) is 0 Å². The van der Waals surface area contributed by atoms with Crippen molar-refractivity contribution >= 4 is 39.6 Å². The minimum Gasteiger partial charge on any atom is -0.397 e. The average Bonchev–Trinajstić information content (AvgIpc) is 2.40. The number of para-hydroxylation sites is 1. The first-order chi connectivity index (χ1) is 9.24. The van der Waals surface area contributed by atoms with E-state index in [0.29, 0.717) is 10.7 Å². The topological polar surface area (TPSA) is 50.9 Å². The van der Waals surface area contributed by atoms with Gasteiger partial charge in [0.25, 0.3) is 0 Å². The van der Waals surface area contributed by atoms with Gasteiger partial charge in [0.05, 0.1) is 11.2 Å². The number of nitrogens with one attached hydrogen (secondary N) is 1. The summed E-state index contributed by atoms with van der Waals surface area (Å²) in [6.45, 7) is 0. The Bertz CT molecular complexity index is 740. The molecule has 0 bridgehead atoms. The number of pyridine rings is 1. The van der Waals surface area contributed by atoms with Crippen LogP contribution in [0.5, 0.6) is 0 Å². The van der Waals surface area contributed by atoms with Gasteiger partial charge in [-0.25, -0.2) is 0 Å². The summed E-state index contributed by atoms with van der Waals surface area (Å²) in [5.74, 6) is 0. The van der Waals surface area contributed by atoms with Crippen LogP contribution in [0.2, 0.25) is 5.02 Å². The minimum absolute atomic E-state index is 0.673. The number of rotatable bonds is 2. The molecule has 0 amide bonds. The van der Waals surface area contributed by atoms with Crippen LogP contribution in [0.4, 0.5) is 17.1 Å². The van der Waals surface area contributed by atoms with Gasteiger partial charge in [-0.2, -0.15) is 0 Å². The lowest BCUT2D eigenvalue weighted by Gasteiger charge is -2.10. The molecule has 0 unspecified atom stereocenters. The second kappa shape index (κ2) is 4.78. The number of nitrogens with two attached hydrogens (primary N) is 1. The number of benzene rings is 2. The van der Waals surface area contributed by atoms with Crippen molar-refractivity contribution in [2.45, 2.75) is 0 Å². The van der Waals surface area contributed by atoms with Crippen LogP contribution in [0.15, 0.2) is 54.7 Å². The highest BCUT2D eigenvalue weighted by molar-refractivity contribution is 6.30. The highest BCUT2D eigenvalue weighted by Gasteiger charge is 2.04. The van der Waals surface area contributed by atoms with E-state index < -0.39 is 0 Å². The minimum atomic E-state index is 0.673. The summed E-state index contributed by atoms with van der Waals surface area (Å²) in [6.07, 6.45) is 1.74. The van der Waals surface area contributed by atoms with E-state index in [1.807, 2.05) is 48.5 Å². The van der Waals surface area contributed by atoms with Crippen molar-refractivity contribution in [2.24, 2.45) is 0 Å². The van der Waals surface area contributed by atoms with Crippen LogP contribution in [0, 0.1) is 0 Å². The average molecular weight is 270 g/mol. The molecule has 94 valence electrons. The predicted octanol–water partition coefficient (Wildman–Crippen LogP) is 4.21. The van der Waals surface area contributed by atoms with Crippen molar-refractivity contribution in [1.82, 2.24) is 4.98 Å². The van der Waals surface area contributed by atoms with Gasteiger partial charge in [-0.1, -0.05) is 29.8 Å². The first-order valence-electron chi connectivity index (χ1n) is 5.90. The van der Waals surface area contributed by atoms with Gasteiger partial charge in [0.2, 0.25) is 0 Å². The SMILES string of the molecule is Nc1cccc2c(Nc3cccc(Cl)c3)ccnc12. The van der Waals surface area contributed by atoms with E-state index in [1.54, 1.807) is 6.20 Å². The monoisotopic (exact) mass is 269 g/mol. The zero-order chi connectivity index (χ0) is 13.2. The lowest BCUT2D eigenvalue weighted by Crippen LogP contribution is -1.95. The largest absolute Gasteiger partial charge is 0.397 e. The van der Waals surface area contributed by atoms with Crippen molar-refractivity contribution in [3.8, 4) is 0 Å². The van der Waals surface area contributed by atoms with Crippen LogP contribution in [0.25, 0.3) is 10.9 Å². The molecule has 1 aromatic heterocycles. The van der Waals surface area contributed by atoms with Gasteiger partial charge >= 0.3 is 0 Å². The van der Waals surface area contributed by atoms with E-state index >= 15 is 0 Å². The maximum Gasteiger partial charge on any atom is 0.0951 e. The van der Waals surface area contributed by atoms with Crippen LogP contribution < -0.4 is 11.1 Å². The smallest absolute Gasteiger partial charge is 0.0951 e. The number of hydrogen-bond donors (Lipinski definition) is 2. The van der Waals surface area contributed by atoms with E-state index in [9.17, 15) is 0 Å². The van der Waals surface area contributed by atoms with E-state index in [2.05, 4.69) is 10.3 Å². The fraction of sp³-hybridized carbons (Fsp3) is 0. The number of halogens is 1. The Morgan fingerprint density at radius 1 is 1.05 bits per heavy atom. The van der Waals surface area contributed by atoms with Crippen LogP contribution >= 0.6 is 11.6 Å². The molecule has 1 heterocycles. The van der Waals surface area contributed by atoms with Crippen LogP contribution in [0.1, 0.15) is 0 Å². The second-order valence-corrected chi connectivity index (χ2v) is 4.67. The quantitative estimate of drug-likeness (QED) is 0.685.